The molecule has 14 heteroatoms. The molecule has 0 aliphatic heterocycles. The van der Waals surface area contributed by atoms with Crippen molar-refractivity contribution < 1.29 is 37.8 Å². The molecule has 0 saturated heterocycles. The number of carbonyl (C=O) groups excluding carboxylic acids is 3. The Balaban J connectivity index is 1.79. The Kier molecular flexibility index (Phi) is 17.6. The third-order valence-corrected chi connectivity index (χ3v) is 10.2. The zero-order chi connectivity index (χ0) is 37.4. The Morgan fingerprint density at radius 2 is 1.82 bits per heavy atom. The van der Waals surface area contributed by atoms with Gasteiger partial charge in [0.15, 0.2) is 0 Å². The van der Waals surface area contributed by atoms with E-state index in [0.717, 1.165) is 55.4 Å². The Hall–Kier alpha value is -3.25. The molecule has 0 aromatic carbocycles. The average molecular weight is 738 g/mol. The number of halogens is 3. The van der Waals surface area contributed by atoms with Crippen LogP contribution in [0.5, 0.6) is 0 Å². The first-order chi connectivity index (χ1) is 24.3. The van der Waals surface area contributed by atoms with Crippen molar-refractivity contribution in [1.29, 1.82) is 0 Å². The number of hydrogen-bond donors (Lipinski definition) is 4. The number of aromatic nitrogens is 1. The van der Waals surface area contributed by atoms with E-state index in [4.69, 9.17) is 6.42 Å². The standard InChI is InChI=1S/C37H54F3N5O5S/c1-4-5-16-32(46)34(48)30(20-27-14-10-7-11-15-27)42-36(50)31(22-29-23-51-25-41-29)43-35(49)28(19-26-12-8-6-9-13-26)21-33(47)45(3)18-17-44(2)24-37(38,39)40/h1,8,12-13,23,25,27-28,30-32,34,46,48H,5-7,9-11,14-22,24H2,2-3H3,(H,42,50)(H,43,49)/t28?,30-,31-,32-,34+/m0/s1. The number of allylic oxidation sites excluding steroid dienone is 4. The lowest BCUT2D eigenvalue weighted by atomic mass is 9.82. The van der Waals surface area contributed by atoms with E-state index in [1.807, 2.05) is 18.2 Å². The van der Waals surface area contributed by atoms with Gasteiger partial charge in [0.05, 0.1) is 35.8 Å². The summed E-state index contributed by atoms with van der Waals surface area (Å²) in [5.74, 6) is 0.362. The van der Waals surface area contributed by atoms with Crippen LogP contribution in [0, 0.1) is 24.2 Å². The molecule has 0 spiro atoms. The van der Waals surface area contributed by atoms with Gasteiger partial charge in [-0.3, -0.25) is 19.3 Å². The number of aliphatic hydroxyl groups is 2. The van der Waals surface area contributed by atoms with E-state index in [1.54, 1.807) is 10.9 Å². The lowest BCUT2D eigenvalue weighted by molar-refractivity contribution is -0.144. The van der Waals surface area contributed by atoms with Crippen molar-refractivity contribution in [1.82, 2.24) is 25.4 Å². The van der Waals surface area contributed by atoms with Crippen LogP contribution in [0.1, 0.15) is 82.7 Å². The van der Waals surface area contributed by atoms with Crippen LogP contribution in [-0.4, -0.2) is 107 Å². The van der Waals surface area contributed by atoms with E-state index in [0.29, 0.717) is 12.1 Å². The van der Waals surface area contributed by atoms with Crippen molar-refractivity contribution in [2.24, 2.45) is 11.8 Å². The van der Waals surface area contributed by atoms with Gasteiger partial charge in [0, 0.05) is 44.8 Å². The van der Waals surface area contributed by atoms with Gasteiger partial charge in [-0.05, 0) is 45.1 Å². The summed E-state index contributed by atoms with van der Waals surface area (Å²) < 4.78 is 38.4. The van der Waals surface area contributed by atoms with Crippen molar-refractivity contribution >= 4 is 29.1 Å². The largest absolute Gasteiger partial charge is 0.401 e. The van der Waals surface area contributed by atoms with Crippen molar-refractivity contribution in [2.45, 2.75) is 114 Å². The predicted molar refractivity (Wildman–Crippen MR) is 191 cm³/mol. The van der Waals surface area contributed by atoms with E-state index >= 15 is 0 Å². The van der Waals surface area contributed by atoms with E-state index in [2.05, 4.69) is 21.5 Å². The predicted octanol–water partition coefficient (Wildman–Crippen LogP) is 4.39. The minimum absolute atomic E-state index is 0.00625. The highest BCUT2D eigenvalue weighted by Gasteiger charge is 2.35. The molecule has 0 radical (unpaired) electrons. The third-order valence-electron chi connectivity index (χ3n) is 9.60. The summed E-state index contributed by atoms with van der Waals surface area (Å²) in [6, 6.07) is -1.90. The molecule has 10 nitrogen and oxygen atoms in total. The van der Waals surface area contributed by atoms with Gasteiger partial charge in [-0.2, -0.15) is 13.2 Å². The first kappa shape index (κ1) is 42.2. The number of rotatable bonds is 20. The van der Waals surface area contributed by atoms with E-state index in [-0.39, 0.29) is 51.1 Å². The highest BCUT2D eigenvalue weighted by atomic mass is 32.1. The summed E-state index contributed by atoms with van der Waals surface area (Å²) >= 11 is 1.34. The van der Waals surface area contributed by atoms with Crippen LogP contribution in [0.15, 0.2) is 34.7 Å². The molecule has 51 heavy (non-hydrogen) atoms. The van der Waals surface area contributed by atoms with Gasteiger partial charge in [0.25, 0.3) is 0 Å². The fourth-order valence-electron chi connectivity index (χ4n) is 6.62. The smallest absolute Gasteiger partial charge is 0.390 e. The second kappa shape index (κ2) is 21.3. The molecule has 5 atom stereocenters. The van der Waals surface area contributed by atoms with Gasteiger partial charge in [0.1, 0.15) is 12.1 Å². The number of aliphatic hydroxyl groups excluding tert-OH is 2. The number of terminal acetylenes is 1. The topological polar surface area (TPSA) is 135 Å². The SMILES string of the molecule is C#CCC[C@H](O)[C@H](O)[C@H](CC1CCCCC1)NC(=O)[C@H](Cc1cscn1)NC(=O)C(CC(=O)N(C)CCN(C)CC(F)(F)F)CC1=CCCC=C1. The van der Waals surface area contributed by atoms with E-state index < -0.39 is 60.7 Å². The molecule has 1 heterocycles. The molecule has 1 fully saturated rings. The number of hydrogen-bond acceptors (Lipinski definition) is 8. The molecule has 1 unspecified atom stereocenters. The summed E-state index contributed by atoms with van der Waals surface area (Å²) in [6.45, 7) is -1.08. The van der Waals surface area contributed by atoms with Crippen LogP contribution in [0.25, 0.3) is 0 Å². The van der Waals surface area contributed by atoms with Crippen LogP contribution in [0.3, 0.4) is 0 Å². The van der Waals surface area contributed by atoms with E-state index in [9.17, 15) is 37.8 Å². The van der Waals surface area contributed by atoms with Crippen LogP contribution in [0.4, 0.5) is 13.2 Å². The zero-order valence-electron chi connectivity index (χ0n) is 29.7. The normalized spacial score (nSPS) is 18.2. The molecule has 0 bridgehead atoms. The van der Waals surface area contributed by atoms with Crippen LogP contribution in [0.2, 0.25) is 0 Å². The molecule has 284 valence electrons. The molecule has 2 aliphatic rings. The van der Waals surface area contributed by atoms with Gasteiger partial charge < -0.3 is 25.7 Å². The summed E-state index contributed by atoms with van der Waals surface area (Å²) in [5, 5.41) is 29.5. The van der Waals surface area contributed by atoms with Gasteiger partial charge in [0.2, 0.25) is 17.7 Å². The third kappa shape index (κ3) is 15.5. The van der Waals surface area contributed by atoms with Gasteiger partial charge in [-0.15, -0.1) is 23.7 Å². The Morgan fingerprint density at radius 1 is 1.08 bits per heavy atom. The van der Waals surface area contributed by atoms with Crippen molar-refractivity contribution in [3.8, 4) is 12.3 Å². The molecule has 3 amide bonds. The number of alkyl halides is 3. The maximum absolute atomic E-state index is 14.0. The lowest BCUT2D eigenvalue weighted by Crippen LogP contribution is -2.56. The Bertz CT molecular complexity index is 1340. The fraction of sp³-hybridized carbons (Fsp3) is 0.676. The maximum Gasteiger partial charge on any atom is 0.401 e. The Labute approximate surface area is 303 Å². The minimum atomic E-state index is -4.36. The second-order valence-electron chi connectivity index (χ2n) is 13.9. The first-order valence-electron chi connectivity index (χ1n) is 17.9. The number of nitrogens with zero attached hydrogens (tertiary/aromatic N) is 3. The highest BCUT2D eigenvalue weighted by molar-refractivity contribution is 7.07. The van der Waals surface area contributed by atoms with Crippen molar-refractivity contribution in [3.05, 3.63) is 40.4 Å². The fourth-order valence-corrected chi connectivity index (χ4v) is 7.20. The van der Waals surface area contributed by atoms with E-state index in [1.165, 1.54) is 30.3 Å². The van der Waals surface area contributed by atoms with Crippen LogP contribution >= 0.6 is 11.3 Å². The molecule has 1 saturated carbocycles. The summed E-state index contributed by atoms with van der Waals surface area (Å²) in [4.78, 5) is 48.1. The summed E-state index contributed by atoms with van der Waals surface area (Å²) in [7, 11) is 2.82. The maximum atomic E-state index is 14.0. The zero-order valence-corrected chi connectivity index (χ0v) is 30.6. The molecular weight excluding hydrogens is 683 g/mol. The van der Waals surface area contributed by atoms with Crippen molar-refractivity contribution in [3.63, 3.8) is 0 Å². The number of amides is 3. The average Bonchev–Trinajstić information content (AvgIpc) is 3.61. The summed E-state index contributed by atoms with van der Waals surface area (Å²) in [5.41, 5.74) is 3.07. The molecule has 4 N–H and O–H groups in total. The summed E-state index contributed by atoms with van der Waals surface area (Å²) in [6.07, 6.45) is 12.2. The number of nitrogens with one attached hydrogen (secondary N) is 2. The second-order valence-corrected chi connectivity index (χ2v) is 14.7. The first-order valence-corrected chi connectivity index (χ1v) is 18.8. The monoisotopic (exact) mass is 737 g/mol. The molecular formula is C37H54F3N5O5S. The lowest BCUT2D eigenvalue weighted by Gasteiger charge is -2.33. The minimum Gasteiger partial charge on any atom is -0.390 e. The molecule has 3 rings (SSSR count). The molecule has 1 aromatic heterocycles. The Morgan fingerprint density at radius 3 is 2.45 bits per heavy atom. The molecule has 1 aromatic rings. The highest BCUT2D eigenvalue weighted by Crippen LogP contribution is 2.29. The quantitative estimate of drug-likeness (QED) is 0.146. The van der Waals surface area contributed by atoms with Gasteiger partial charge in [-0.25, -0.2) is 4.98 Å². The van der Waals surface area contributed by atoms with Crippen molar-refractivity contribution in [2.75, 3.05) is 33.7 Å². The number of carbonyl (C=O) groups is 3. The van der Waals surface area contributed by atoms with Crippen LogP contribution in [-0.2, 0) is 20.8 Å². The number of likely N-dealkylation sites (N-methyl/N-ethyl adjacent to an activating group) is 2. The number of thiazole rings is 1. The van der Waals surface area contributed by atoms with Gasteiger partial charge >= 0.3 is 6.18 Å². The molecule has 2 aliphatic carbocycles. The van der Waals surface area contributed by atoms with Crippen LogP contribution < -0.4 is 10.6 Å². The van der Waals surface area contributed by atoms with Gasteiger partial charge in [-0.1, -0.05) is 55.9 Å².